The molecule has 2 aliphatic rings. The average Bonchev–Trinajstić information content (AvgIpc) is 3.54. The number of halogens is 1. The maximum absolute atomic E-state index is 13.7. The highest BCUT2D eigenvalue weighted by atomic mass is 19.1. The lowest BCUT2D eigenvalue weighted by molar-refractivity contribution is -0.138. The Kier molecular flexibility index (Phi) is 5.30. The SMILES string of the molecule is CCN(Cc1ccccc1)C(=O)[C@H]1[C@H]2CC[C@H](C2)[C@@H]1c1nc(-c2ccc(F)cc2)no1. The molecule has 0 unspecified atom stereocenters. The van der Waals surface area contributed by atoms with Crippen molar-refractivity contribution in [3.8, 4) is 11.4 Å². The normalized spacial score (nSPS) is 24.5. The van der Waals surface area contributed by atoms with E-state index in [9.17, 15) is 9.18 Å². The molecule has 4 atom stereocenters. The van der Waals surface area contributed by atoms with Crippen molar-refractivity contribution in [2.75, 3.05) is 6.54 Å². The van der Waals surface area contributed by atoms with Gasteiger partial charge in [-0.2, -0.15) is 4.98 Å². The van der Waals surface area contributed by atoms with E-state index in [0.29, 0.717) is 42.2 Å². The van der Waals surface area contributed by atoms with Crippen LogP contribution < -0.4 is 0 Å². The molecule has 0 saturated heterocycles. The number of hydrogen-bond donors (Lipinski definition) is 0. The van der Waals surface area contributed by atoms with E-state index in [1.807, 2.05) is 30.0 Å². The number of amides is 1. The van der Waals surface area contributed by atoms with E-state index < -0.39 is 0 Å². The fraction of sp³-hybridized carbons (Fsp3) is 0.400. The van der Waals surface area contributed by atoms with Crippen molar-refractivity contribution in [2.45, 2.75) is 38.6 Å². The van der Waals surface area contributed by atoms with E-state index >= 15 is 0 Å². The van der Waals surface area contributed by atoms with Gasteiger partial charge in [-0.25, -0.2) is 4.39 Å². The van der Waals surface area contributed by atoms with Gasteiger partial charge in [0.15, 0.2) is 0 Å². The van der Waals surface area contributed by atoms with Gasteiger partial charge in [0.05, 0.1) is 11.8 Å². The number of fused-ring (bicyclic) bond motifs is 2. The van der Waals surface area contributed by atoms with Crippen LogP contribution in [0.4, 0.5) is 4.39 Å². The standard InChI is InChI=1S/C25H26FN3O2/c1-2-29(15-16-6-4-3-5-7-16)25(30)22-19-9-8-18(14-19)21(22)24-27-23(28-31-24)17-10-12-20(26)13-11-17/h3-7,10-13,18-19,21-22H,2,8-9,14-15H2,1H3/t18-,19+,21+,22+/m1/s1. The van der Waals surface area contributed by atoms with Crippen LogP contribution in [0.25, 0.3) is 11.4 Å². The van der Waals surface area contributed by atoms with Gasteiger partial charge < -0.3 is 9.42 Å². The zero-order valence-corrected chi connectivity index (χ0v) is 17.6. The molecule has 1 amide bonds. The minimum absolute atomic E-state index is 0.0437. The lowest BCUT2D eigenvalue weighted by Crippen LogP contribution is -2.40. The third-order valence-corrected chi connectivity index (χ3v) is 6.94. The third kappa shape index (κ3) is 3.75. The van der Waals surface area contributed by atoms with E-state index in [4.69, 9.17) is 4.52 Å². The fourth-order valence-electron chi connectivity index (χ4n) is 5.45. The average molecular weight is 420 g/mol. The molecular weight excluding hydrogens is 393 g/mol. The summed E-state index contributed by atoms with van der Waals surface area (Å²) in [4.78, 5) is 20.3. The first-order valence-corrected chi connectivity index (χ1v) is 11.1. The Hall–Kier alpha value is -3.02. The zero-order chi connectivity index (χ0) is 21.4. The van der Waals surface area contributed by atoms with Gasteiger partial charge in [-0.15, -0.1) is 0 Å². The van der Waals surface area contributed by atoms with Crippen molar-refractivity contribution in [1.29, 1.82) is 0 Å². The topological polar surface area (TPSA) is 59.2 Å². The molecule has 2 bridgehead atoms. The Morgan fingerprint density at radius 3 is 2.58 bits per heavy atom. The summed E-state index contributed by atoms with van der Waals surface area (Å²) in [5.74, 6) is 1.47. The highest BCUT2D eigenvalue weighted by Crippen LogP contribution is 2.57. The molecule has 0 radical (unpaired) electrons. The van der Waals surface area contributed by atoms with Gasteiger partial charge in [-0.1, -0.05) is 35.5 Å². The first-order chi connectivity index (χ1) is 15.1. The second kappa shape index (κ2) is 8.25. The lowest BCUT2D eigenvalue weighted by atomic mass is 9.78. The minimum Gasteiger partial charge on any atom is -0.339 e. The number of aromatic nitrogens is 2. The van der Waals surface area contributed by atoms with E-state index in [0.717, 1.165) is 24.8 Å². The van der Waals surface area contributed by atoms with E-state index in [1.54, 1.807) is 12.1 Å². The molecule has 2 aliphatic carbocycles. The van der Waals surface area contributed by atoms with Crippen LogP contribution in [-0.2, 0) is 11.3 Å². The number of benzene rings is 2. The second-order valence-electron chi connectivity index (χ2n) is 8.69. The van der Waals surface area contributed by atoms with Gasteiger partial charge in [-0.3, -0.25) is 4.79 Å². The molecule has 2 fully saturated rings. The molecule has 1 aromatic heterocycles. The molecule has 2 saturated carbocycles. The first kappa shape index (κ1) is 19.9. The predicted molar refractivity (Wildman–Crippen MR) is 114 cm³/mol. The molecule has 5 nitrogen and oxygen atoms in total. The van der Waals surface area contributed by atoms with E-state index in [-0.39, 0.29) is 23.6 Å². The largest absolute Gasteiger partial charge is 0.339 e. The van der Waals surface area contributed by atoms with Crippen molar-refractivity contribution in [3.05, 3.63) is 71.9 Å². The van der Waals surface area contributed by atoms with Crippen molar-refractivity contribution in [3.63, 3.8) is 0 Å². The van der Waals surface area contributed by atoms with Gasteiger partial charge in [0, 0.05) is 18.7 Å². The summed E-state index contributed by atoms with van der Waals surface area (Å²) < 4.78 is 18.9. The molecule has 3 aromatic rings. The van der Waals surface area contributed by atoms with Crippen LogP contribution in [0, 0.1) is 23.6 Å². The van der Waals surface area contributed by atoms with Crippen LogP contribution in [-0.4, -0.2) is 27.5 Å². The Morgan fingerprint density at radius 2 is 1.84 bits per heavy atom. The van der Waals surface area contributed by atoms with Gasteiger partial charge in [0.25, 0.3) is 0 Å². The fourth-order valence-corrected chi connectivity index (χ4v) is 5.45. The number of nitrogens with zero attached hydrogens (tertiary/aromatic N) is 3. The molecular formula is C25H26FN3O2. The Bertz CT molecular complexity index is 1050. The van der Waals surface area contributed by atoms with Gasteiger partial charge >= 0.3 is 0 Å². The Labute approximate surface area is 181 Å². The summed E-state index contributed by atoms with van der Waals surface area (Å²) in [6.07, 6.45) is 3.22. The van der Waals surface area contributed by atoms with Crippen molar-refractivity contribution in [2.24, 2.45) is 17.8 Å². The quantitative estimate of drug-likeness (QED) is 0.561. The molecule has 5 rings (SSSR count). The molecule has 160 valence electrons. The molecule has 0 aliphatic heterocycles. The minimum atomic E-state index is -0.302. The number of carbonyl (C=O) groups excluding carboxylic acids is 1. The van der Waals surface area contributed by atoms with Crippen molar-refractivity contribution in [1.82, 2.24) is 15.0 Å². The molecule has 6 heteroatoms. The number of hydrogen-bond acceptors (Lipinski definition) is 4. The molecule has 1 heterocycles. The second-order valence-corrected chi connectivity index (χ2v) is 8.69. The first-order valence-electron chi connectivity index (χ1n) is 11.1. The van der Waals surface area contributed by atoms with Crippen LogP contribution in [0.1, 0.15) is 43.6 Å². The highest BCUT2D eigenvalue weighted by molar-refractivity contribution is 5.81. The van der Waals surface area contributed by atoms with Crippen molar-refractivity contribution < 1.29 is 13.7 Å². The molecule has 0 N–H and O–H groups in total. The van der Waals surface area contributed by atoms with E-state index in [2.05, 4.69) is 22.3 Å². The summed E-state index contributed by atoms with van der Waals surface area (Å²) >= 11 is 0. The monoisotopic (exact) mass is 419 g/mol. The Balaban J connectivity index is 1.40. The molecule has 0 spiro atoms. The lowest BCUT2D eigenvalue weighted by Gasteiger charge is -2.32. The summed E-state index contributed by atoms with van der Waals surface area (Å²) in [5.41, 5.74) is 1.84. The Morgan fingerprint density at radius 1 is 1.10 bits per heavy atom. The van der Waals surface area contributed by atoms with E-state index in [1.165, 1.54) is 12.1 Å². The number of rotatable bonds is 6. The van der Waals surface area contributed by atoms with Crippen LogP contribution in [0.15, 0.2) is 59.1 Å². The third-order valence-electron chi connectivity index (χ3n) is 6.94. The summed E-state index contributed by atoms with van der Waals surface area (Å²) in [7, 11) is 0. The van der Waals surface area contributed by atoms with Crippen LogP contribution in [0.5, 0.6) is 0 Å². The van der Waals surface area contributed by atoms with Gasteiger partial charge in [0.1, 0.15) is 5.82 Å². The number of carbonyl (C=O) groups is 1. The van der Waals surface area contributed by atoms with Crippen molar-refractivity contribution >= 4 is 5.91 Å². The summed E-state index contributed by atoms with van der Waals surface area (Å²) in [6.45, 7) is 3.31. The highest BCUT2D eigenvalue weighted by Gasteiger charge is 2.54. The predicted octanol–water partition coefficient (Wildman–Crippen LogP) is 5.05. The summed E-state index contributed by atoms with van der Waals surface area (Å²) in [5, 5.41) is 4.14. The molecule has 2 aromatic carbocycles. The van der Waals surface area contributed by atoms with Gasteiger partial charge in [0.2, 0.25) is 17.6 Å². The summed E-state index contributed by atoms with van der Waals surface area (Å²) in [6, 6.07) is 16.2. The van der Waals surface area contributed by atoms with Crippen LogP contribution in [0.2, 0.25) is 0 Å². The maximum Gasteiger partial charge on any atom is 0.231 e. The van der Waals surface area contributed by atoms with Crippen LogP contribution >= 0.6 is 0 Å². The van der Waals surface area contributed by atoms with Gasteiger partial charge in [-0.05, 0) is 67.9 Å². The smallest absolute Gasteiger partial charge is 0.231 e. The zero-order valence-electron chi connectivity index (χ0n) is 17.6. The maximum atomic E-state index is 13.7. The molecule has 31 heavy (non-hydrogen) atoms. The van der Waals surface area contributed by atoms with Crippen LogP contribution in [0.3, 0.4) is 0 Å².